The molecule has 1 aromatic carbocycles. The summed E-state index contributed by atoms with van der Waals surface area (Å²) in [5.74, 6) is 1.14. The Morgan fingerprint density at radius 1 is 1.30 bits per heavy atom. The molecule has 0 unspecified atom stereocenters. The molecule has 0 atom stereocenters. The molecule has 0 spiro atoms. The summed E-state index contributed by atoms with van der Waals surface area (Å²) in [5, 5.41) is 9.57. The largest absolute Gasteiger partial charge is 0.508 e. The fraction of sp³-hybridized carbons (Fsp3) is 0.667. The number of phenols is 1. The molecule has 0 heterocycles. The van der Waals surface area contributed by atoms with Crippen molar-refractivity contribution in [2.24, 2.45) is 17.1 Å². The van der Waals surface area contributed by atoms with Gasteiger partial charge in [0, 0.05) is 5.54 Å². The summed E-state index contributed by atoms with van der Waals surface area (Å²) in [6.07, 6.45) is 6.77. The van der Waals surface area contributed by atoms with E-state index in [1.807, 2.05) is 12.1 Å². The van der Waals surface area contributed by atoms with Crippen molar-refractivity contribution in [3.63, 3.8) is 0 Å². The minimum Gasteiger partial charge on any atom is -0.508 e. The molecule has 0 aliphatic heterocycles. The van der Waals surface area contributed by atoms with Crippen LogP contribution in [0.15, 0.2) is 24.3 Å². The first-order valence-corrected chi connectivity index (χ1v) is 7.91. The molecular weight excluding hydrogens is 246 g/mol. The van der Waals surface area contributed by atoms with Gasteiger partial charge in [0.25, 0.3) is 0 Å². The third-order valence-electron chi connectivity index (χ3n) is 5.46. The Hall–Kier alpha value is -1.02. The van der Waals surface area contributed by atoms with Crippen LogP contribution in [0.5, 0.6) is 5.75 Å². The van der Waals surface area contributed by atoms with Gasteiger partial charge in [-0.15, -0.1) is 0 Å². The van der Waals surface area contributed by atoms with E-state index in [4.69, 9.17) is 5.73 Å². The van der Waals surface area contributed by atoms with E-state index in [1.54, 1.807) is 6.07 Å². The van der Waals surface area contributed by atoms with Crippen LogP contribution in [0.4, 0.5) is 0 Å². The summed E-state index contributed by atoms with van der Waals surface area (Å²) in [7, 11) is 0. The number of hydrogen-bond acceptors (Lipinski definition) is 2. The molecule has 1 saturated carbocycles. The molecule has 1 fully saturated rings. The second-order valence-corrected chi connectivity index (χ2v) is 7.33. The Kier molecular flexibility index (Phi) is 4.43. The van der Waals surface area contributed by atoms with Crippen molar-refractivity contribution in [1.82, 2.24) is 0 Å². The van der Waals surface area contributed by atoms with E-state index < -0.39 is 0 Å². The van der Waals surface area contributed by atoms with Crippen molar-refractivity contribution in [3.05, 3.63) is 29.8 Å². The van der Waals surface area contributed by atoms with Crippen LogP contribution in [0.3, 0.4) is 0 Å². The van der Waals surface area contributed by atoms with Crippen LogP contribution in [0, 0.1) is 11.3 Å². The highest BCUT2D eigenvalue weighted by Gasteiger charge is 2.37. The lowest BCUT2D eigenvalue weighted by Gasteiger charge is -2.43. The van der Waals surface area contributed by atoms with Crippen LogP contribution in [-0.4, -0.2) is 10.6 Å². The van der Waals surface area contributed by atoms with Gasteiger partial charge in [0.1, 0.15) is 5.75 Å². The van der Waals surface area contributed by atoms with Crippen LogP contribution in [-0.2, 0) is 6.42 Å². The van der Waals surface area contributed by atoms with Crippen LogP contribution < -0.4 is 5.73 Å². The lowest BCUT2D eigenvalue weighted by molar-refractivity contribution is 0.115. The molecule has 2 heteroatoms. The minimum absolute atomic E-state index is 0.0892. The van der Waals surface area contributed by atoms with E-state index in [-0.39, 0.29) is 5.54 Å². The predicted molar refractivity (Wildman–Crippen MR) is 84.8 cm³/mol. The Labute approximate surface area is 123 Å². The summed E-state index contributed by atoms with van der Waals surface area (Å²) >= 11 is 0. The zero-order valence-electron chi connectivity index (χ0n) is 13.2. The van der Waals surface area contributed by atoms with Gasteiger partial charge < -0.3 is 10.8 Å². The van der Waals surface area contributed by atoms with E-state index >= 15 is 0 Å². The number of hydrogen-bond donors (Lipinski definition) is 2. The highest BCUT2D eigenvalue weighted by Crippen LogP contribution is 2.43. The lowest BCUT2D eigenvalue weighted by Crippen LogP contribution is -2.47. The van der Waals surface area contributed by atoms with Crippen LogP contribution >= 0.6 is 0 Å². The fourth-order valence-electron chi connectivity index (χ4n) is 3.51. The molecule has 2 rings (SSSR count). The van der Waals surface area contributed by atoms with Crippen molar-refractivity contribution < 1.29 is 5.11 Å². The second-order valence-electron chi connectivity index (χ2n) is 7.33. The smallest absolute Gasteiger partial charge is 0.115 e. The molecule has 0 saturated heterocycles. The Balaban J connectivity index is 1.98. The SMILES string of the molecule is CCC(C)(C)C1CCC(N)(Cc2cccc(O)c2)CC1. The average molecular weight is 275 g/mol. The average Bonchev–Trinajstić information content (AvgIpc) is 2.39. The molecular formula is C18H29NO. The third kappa shape index (κ3) is 3.54. The van der Waals surface area contributed by atoms with Gasteiger partial charge in [-0.05, 0) is 61.1 Å². The minimum atomic E-state index is -0.0892. The topological polar surface area (TPSA) is 46.2 Å². The zero-order valence-corrected chi connectivity index (χ0v) is 13.2. The normalized spacial score (nSPS) is 27.5. The standard InChI is InChI=1S/C18H29NO/c1-4-17(2,3)15-8-10-18(19,11-9-15)13-14-6-5-7-16(20)12-14/h5-7,12,15,20H,4,8-11,13,19H2,1-3H3. The first-order valence-electron chi connectivity index (χ1n) is 7.91. The van der Waals surface area contributed by atoms with E-state index in [0.717, 1.165) is 30.7 Å². The van der Waals surface area contributed by atoms with Gasteiger partial charge in [-0.3, -0.25) is 0 Å². The number of nitrogens with two attached hydrogens (primary N) is 1. The Morgan fingerprint density at radius 3 is 2.50 bits per heavy atom. The van der Waals surface area contributed by atoms with Crippen LogP contribution in [0.2, 0.25) is 0 Å². The van der Waals surface area contributed by atoms with Crippen molar-refractivity contribution >= 4 is 0 Å². The number of phenolic OH excluding ortho intramolecular Hbond substituents is 1. The van der Waals surface area contributed by atoms with E-state index in [1.165, 1.54) is 19.3 Å². The van der Waals surface area contributed by atoms with Gasteiger partial charge >= 0.3 is 0 Å². The molecule has 2 nitrogen and oxygen atoms in total. The van der Waals surface area contributed by atoms with E-state index in [0.29, 0.717) is 11.2 Å². The maximum absolute atomic E-state index is 9.57. The molecule has 1 aromatic rings. The van der Waals surface area contributed by atoms with Gasteiger partial charge in [0.15, 0.2) is 0 Å². The quantitative estimate of drug-likeness (QED) is 0.862. The Morgan fingerprint density at radius 2 is 1.95 bits per heavy atom. The molecule has 20 heavy (non-hydrogen) atoms. The molecule has 1 aliphatic rings. The third-order valence-corrected chi connectivity index (χ3v) is 5.46. The van der Waals surface area contributed by atoms with Crippen LogP contribution in [0.1, 0.15) is 58.4 Å². The van der Waals surface area contributed by atoms with Crippen molar-refractivity contribution in [2.75, 3.05) is 0 Å². The maximum Gasteiger partial charge on any atom is 0.115 e. The molecule has 3 N–H and O–H groups in total. The van der Waals surface area contributed by atoms with E-state index in [2.05, 4.69) is 26.8 Å². The first-order chi connectivity index (χ1) is 9.35. The maximum atomic E-state index is 9.57. The molecule has 0 aromatic heterocycles. The van der Waals surface area contributed by atoms with E-state index in [9.17, 15) is 5.11 Å². The van der Waals surface area contributed by atoms with Gasteiger partial charge in [-0.2, -0.15) is 0 Å². The summed E-state index contributed by atoms with van der Waals surface area (Å²) in [5.41, 5.74) is 8.11. The monoisotopic (exact) mass is 275 g/mol. The summed E-state index contributed by atoms with van der Waals surface area (Å²) in [6, 6.07) is 7.53. The van der Waals surface area contributed by atoms with Crippen LogP contribution in [0.25, 0.3) is 0 Å². The van der Waals surface area contributed by atoms with Gasteiger partial charge in [0.2, 0.25) is 0 Å². The highest BCUT2D eigenvalue weighted by molar-refractivity contribution is 5.28. The fourth-order valence-corrected chi connectivity index (χ4v) is 3.51. The Bertz CT molecular complexity index is 444. The highest BCUT2D eigenvalue weighted by atomic mass is 16.3. The molecule has 112 valence electrons. The summed E-state index contributed by atoms with van der Waals surface area (Å²) in [6.45, 7) is 7.06. The van der Waals surface area contributed by atoms with Gasteiger partial charge in [0.05, 0.1) is 0 Å². The number of aromatic hydroxyl groups is 1. The van der Waals surface area contributed by atoms with Gasteiger partial charge in [-0.1, -0.05) is 39.3 Å². The second kappa shape index (κ2) is 5.77. The molecule has 1 aliphatic carbocycles. The summed E-state index contributed by atoms with van der Waals surface area (Å²) in [4.78, 5) is 0. The first kappa shape index (κ1) is 15.4. The van der Waals surface area contributed by atoms with Crippen molar-refractivity contribution in [1.29, 1.82) is 0 Å². The van der Waals surface area contributed by atoms with Crippen molar-refractivity contribution in [3.8, 4) is 5.75 Å². The molecule has 0 amide bonds. The predicted octanol–water partition coefficient (Wildman–Crippen LogP) is 4.26. The molecule has 0 radical (unpaired) electrons. The number of rotatable bonds is 4. The number of benzene rings is 1. The summed E-state index contributed by atoms with van der Waals surface area (Å²) < 4.78 is 0. The van der Waals surface area contributed by atoms with Crippen molar-refractivity contribution in [2.45, 2.75) is 64.8 Å². The molecule has 0 bridgehead atoms. The zero-order chi connectivity index (χ0) is 14.8. The lowest BCUT2D eigenvalue weighted by atomic mass is 9.65. The van der Waals surface area contributed by atoms with Gasteiger partial charge in [-0.25, -0.2) is 0 Å².